The van der Waals surface area contributed by atoms with Crippen LogP contribution in [0.4, 0.5) is 5.69 Å². The average Bonchev–Trinajstić information content (AvgIpc) is 2.59. The van der Waals surface area contributed by atoms with Gasteiger partial charge < -0.3 is 19.9 Å². The van der Waals surface area contributed by atoms with E-state index in [0.717, 1.165) is 0 Å². The van der Waals surface area contributed by atoms with Crippen molar-refractivity contribution in [2.45, 2.75) is 0 Å². The predicted molar refractivity (Wildman–Crippen MR) is 85.0 cm³/mol. The number of para-hydroxylation sites is 1. The number of rotatable bonds is 6. The maximum absolute atomic E-state index is 12.1. The second-order valence-electron chi connectivity index (χ2n) is 4.66. The molecule has 0 saturated heterocycles. The molecule has 0 amide bonds. The zero-order valence-electron chi connectivity index (χ0n) is 12.9. The minimum Gasteiger partial charge on any atom is -0.493 e. The lowest BCUT2D eigenvalue weighted by Crippen LogP contribution is -2.15. The van der Waals surface area contributed by atoms with E-state index in [9.17, 15) is 9.59 Å². The summed E-state index contributed by atoms with van der Waals surface area (Å²) in [5.74, 6) is -0.0548. The summed E-state index contributed by atoms with van der Waals surface area (Å²) in [5.41, 5.74) is 6.58. The molecule has 2 N–H and O–H groups in total. The summed E-state index contributed by atoms with van der Waals surface area (Å²) in [6.07, 6.45) is 0. The number of hydrogen-bond acceptors (Lipinski definition) is 6. The highest BCUT2D eigenvalue weighted by molar-refractivity contribution is 6.01. The number of carbonyl (C=O) groups excluding carboxylic acids is 2. The van der Waals surface area contributed by atoms with E-state index in [0.29, 0.717) is 22.7 Å². The van der Waals surface area contributed by atoms with Crippen LogP contribution < -0.4 is 15.2 Å². The molecule has 0 radical (unpaired) electrons. The first-order chi connectivity index (χ1) is 11.1. The Kier molecular flexibility index (Phi) is 5.19. The highest BCUT2D eigenvalue weighted by atomic mass is 16.5. The number of ketones is 1. The lowest BCUT2D eigenvalue weighted by atomic mass is 10.1. The Balaban J connectivity index is 2.05. The predicted octanol–water partition coefficient (Wildman–Crippen LogP) is 2.33. The Hall–Kier alpha value is -3.02. The van der Waals surface area contributed by atoms with Crippen molar-refractivity contribution in [1.82, 2.24) is 0 Å². The van der Waals surface area contributed by atoms with Crippen molar-refractivity contribution >= 4 is 17.4 Å². The number of hydrogen-bond donors (Lipinski definition) is 1. The van der Waals surface area contributed by atoms with Crippen LogP contribution in [0.25, 0.3) is 0 Å². The second kappa shape index (κ2) is 7.31. The number of methoxy groups -OCH3 is 2. The van der Waals surface area contributed by atoms with Crippen LogP contribution in [-0.2, 0) is 4.74 Å². The van der Waals surface area contributed by atoms with Crippen molar-refractivity contribution in [3.05, 3.63) is 53.6 Å². The number of carbonyl (C=O) groups is 2. The third kappa shape index (κ3) is 3.79. The van der Waals surface area contributed by atoms with Gasteiger partial charge in [0.05, 0.1) is 19.8 Å². The monoisotopic (exact) mass is 315 g/mol. The van der Waals surface area contributed by atoms with Crippen LogP contribution in [0.3, 0.4) is 0 Å². The molecular weight excluding hydrogens is 298 g/mol. The van der Waals surface area contributed by atoms with Gasteiger partial charge in [0.2, 0.25) is 0 Å². The normalized spacial score (nSPS) is 10.0. The second-order valence-corrected chi connectivity index (χ2v) is 4.66. The van der Waals surface area contributed by atoms with Gasteiger partial charge in [0, 0.05) is 11.3 Å². The van der Waals surface area contributed by atoms with Gasteiger partial charge in [-0.05, 0) is 30.3 Å². The first kappa shape index (κ1) is 16.4. The molecule has 0 atom stereocenters. The first-order valence-electron chi connectivity index (χ1n) is 6.83. The van der Waals surface area contributed by atoms with Crippen molar-refractivity contribution in [2.75, 3.05) is 26.6 Å². The van der Waals surface area contributed by atoms with Gasteiger partial charge in [-0.1, -0.05) is 12.1 Å². The molecule has 0 saturated carbocycles. The van der Waals surface area contributed by atoms with Crippen molar-refractivity contribution in [1.29, 1.82) is 0 Å². The fourth-order valence-corrected chi connectivity index (χ4v) is 1.98. The van der Waals surface area contributed by atoms with Crippen molar-refractivity contribution in [2.24, 2.45) is 0 Å². The van der Waals surface area contributed by atoms with Crippen LogP contribution in [0.5, 0.6) is 11.5 Å². The van der Waals surface area contributed by atoms with E-state index in [1.165, 1.54) is 20.3 Å². The molecule has 0 heterocycles. The van der Waals surface area contributed by atoms with E-state index in [1.54, 1.807) is 36.4 Å². The van der Waals surface area contributed by atoms with Gasteiger partial charge in [0.25, 0.3) is 0 Å². The highest BCUT2D eigenvalue weighted by Gasteiger charge is 2.15. The number of ether oxygens (including phenoxy) is 3. The highest BCUT2D eigenvalue weighted by Crippen LogP contribution is 2.27. The molecule has 6 heteroatoms. The SMILES string of the molecule is COc1ccc(C(=O)COC(=O)c2ccccc2N)cc1OC. The lowest BCUT2D eigenvalue weighted by molar-refractivity contribution is 0.0475. The minimum absolute atomic E-state index is 0.229. The molecule has 23 heavy (non-hydrogen) atoms. The number of esters is 1. The van der Waals surface area contributed by atoms with E-state index in [-0.39, 0.29) is 18.0 Å². The van der Waals surface area contributed by atoms with Crippen LogP contribution in [0.1, 0.15) is 20.7 Å². The molecule has 0 aliphatic carbocycles. The lowest BCUT2D eigenvalue weighted by Gasteiger charge is -2.09. The summed E-state index contributed by atoms with van der Waals surface area (Å²) in [5, 5.41) is 0. The van der Waals surface area contributed by atoms with E-state index in [2.05, 4.69) is 0 Å². The van der Waals surface area contributed by atoms with E-state index in [1.807, 2.05) is 0 Å². The molecule has 2 aromatic rings. The van der Waals surface area contributed by atoms with Crippen molar-refractivity contribution in [3.63, 3.8) is 0 Å². The molecule has 6 nitrogen and oxygen atoms in total. The smallest absolute Gasteiger partial charge is 0.340 e. The zero-order chi connectivity index (χ0) is 16.8. The van der Waals surface area contributed by atoms with Gasteiger partial charge in [-0.3, -0.25) is 4.79 Å². The Morgan fingerprint density at radius 2 is 1.70 bits per heavy atom. The van der Waals surface area contributed by atoms with Gasteiger partial charge in [0.15, 0.2) is 23.9 Å². The van der Waals surface area contributed by atoms with Crippen LogP contribution >= 0.6 is 0 Å². The molecule has 0 spiro atoms. The average molecular weight is 315 g/mol. The molecule has 0 bridgehead atoms. The van der Waals surface area contributed by atoms with Gasteiger partial charge >= 0.3 is 5.97 Å². The quantitative estimate of drug-likeness (QED) is 0.500. The van der Waals surface area contributed by atoms with E-state index >= 15 is 0 Å². The number of Topliss-reactive ketones (excluding diaryl/α,β-unsaturated/α-hetero) is 1. The zero-order valence-corrected chi connectivity index (χ0v) is 12.9. The summed E-state index contributed by atoms with van der Waals surface area (Å²) in [4.78, 5) is 24.1. The maximum Gasteiger partial charge on any atom is 0.340 e. The third-order valence-corrected chi connectivity index (χ3v) is 3.22. The summed E-state index contributed by atoms with van der Waals surface area (Å²) >= 11 is 0. The fourth-order valence-electron chi connectivity index (χ4n) is 1.98. The number of anilines is 1. The van der Waals surface area contributed by atoms with Crippen LogP contribution in [0, 0.1) is 0 Å². The van der Waals surface area contributed by atoms with Gasteiger partial charge in [-0.25, -0.2) is 4.79 Å². The van der Waals surface area contributed by atoms with Crippen LogP contribution in [-0.4, -0.2) is 32.6 Å². The summed E-state index contributed by atoms with van der Waals surface area (Å²) in [6, 6.07) is 11.2. The number of nitrogen functional groups attached to an aromatic ring is 1. The molecule has 2 aromatic carbocycles. The Morgan fingerprint density at radius 1 is 1.00 bits per heavy atom. The van der Waals surface area contributed by atoms with Crippen LogP contribution in [0.15, 0.2) is 42.5 Å². The topological polar surface area (TPSA) is 87.9 Å². The third-order valence-electron chi connectivity index (χ3n) is 3.22. The molecular formula is C17H17NO5. The molecule has 120 valence electrons. The van der Waals surface area contributed by atoms with Gasteiger partial charge in [-0.15, -0.1) is 0 Å². The molecule has 0 aliphatic heterocycles. The summed E-state index contributed by atoms with van der Waals surface area (Å²) in [6.45, 7) is -0.386. The van der Waals surface area contributed by atoms with Crippen LogP contribution in [0.2, 0.25) is 0 Å². The molecule has 0 fully saturated rings. The minimum atomic E-state index is -0.642. The fraction of sp³-hybridized carbons (Fsp3) is 0.176. The molecule has 0 aliphatic rings. The largest absolute Gasteiger partial charge is 0.493 e. The van der Waals surface area contributed by atoms with Crippen molar-refractivity contribution in [3.8, 4) is 11.5 Å². The van der Waals surface area contributed by atoms with Crippen molar-refractivity contribution < 1.29 is 23.8 Å². The maximum atomic E-state index is 12.1. The van der Waals surface area contributed by atoms with E-state index < -0.39 is 5.97 Å². The molecule has 0 unspecified atom stereocenters. The Bertz CT molecular complexity index is 727. The molecule has 0 aromatic heterocycles. The summed E-state index contributed by atoms with van der Waals surface area (Å²) in [7, 11) is 2.98. The van der Waals surface area contributed by atoms with Gasteiger partial charge in [-0.2, -0.15) is 0 Å². The number of nitrogens with two attached hydrogens (primary N) is 1. The van der Waals surface area contributed by atoms with Gasteiger partial charge in [0.1, 0.15) is 0 Å². The number of benzene rings is 2. The Morgan fingerprint density at radius 3 is 2.35 bits per heavy atom. The molecule has 2 rings (SSSR count). The van der Waals surface area contributed by atoms with E-state index in [4.69, 9.17) is 19.9 Å². The summed E-state index contributed by atoms with van der Waals surface area (Å²) < 4.78 is 15.3. The first-order valence-corrected chi connectivity index (χ1v) is 6.83. The standard InChI is InChI=1S/C17H17NO5/c1-21-15-8-7-11(9-16(15)22-2)14(19)10-23-17(20)12-5-3-4-6-13(12)18/h3-9H,10,18H2,1-2H3. The Labute approximate surface area is 133 Å².